The second-order valence-corrected chi connectivity index (χ2v) is 9.47. The summed E-state index contributed by atoms with van der Waals surface area (Å²) in [5.74, 6) is 6.64. The van der Waals surface area contributed by atoms with Crippen LogP contribution in [-0.2, 0) is 0 Å². The molecule has 4 aliphatic rings. The monoisotopic (exact) mass is 342 g/mol. The topological polar surface area (TPSA) is 38.9 Å². The van der Waals surface area contributed by atoms with Gasteiger partial charge in [0.15, 0.2) is 0 Å². The highest BCUT2D eigenvalue weighted by molar-refractivity contribution is 5.05. The molecule has 25 heavy (non-hydrogen) atoms. The van der Waals surface area contributed by atoms with Crippen LogP contribution in [0, 0.1) is 23.7 Å². The van der Waals surface area contributed by atoms with E-state index in [0.717, 1.165) is 35.5 Å². The molecule has 6 unspecified atom stereocenters. The van der Waals surface area contributed by atoms with Gasteiger partial charge in [0, 0.05) is 11.8 Å². The van der Waals surface area contributed by atoms with Gasteiger partial charge in [0.05, 0.1) is 0 Å². The number of fused-ring (bicyclic) bond motifs is 2. The Bertz CT molecular complexity index is 530. The molecule has 1 heterocycles. The molecule has 0 radical (unpaired) electrons. The second-order valence-electron chi connectivity index (χ2n) is 9.47. The van der Waals surface area contributed by atoms with Crippen molar-refractivity contribution in [3.05, 3.63) is 11.8 Å². The normalized spacial score (nSPS) is 41.8. The lowest BCUT2D eigenvalue weighted by Crippen LogP contribution is -2.30. The molecule has 0 saturated heterocycles. The molecule has 1 aromatic rings. The number of hydrogen-bond donors (Lipinski definition) is 0. The summed E-state index contributed by atoms with van der Waals surface area (Å²) in [5, 5.41) is 9.25. The standard InChI is InChI=1S/C22H34N2O/c1-3-11-17-15(7-1)9-5-13-19(17)21-23-24-22(25-21)20-14-6-10-16-8-2-4-12-18(16)20/h15-20H,1-14H2. The molecule has 6 atom stereocenters. The van der Waals surface area contributed by atoms with E-state index in [-0.39, 0.29) is 0 Å². The summed E-state index contributed by atoms with van der Waals surface area (Å²) >= 11 is 0. The molecule has 0 amide bonds. The molecule has 1 aromatic heterocycles. The van der Waals surface area contributed by atoms with Crippen molar-refractivity contribution in [2.24, 2.45) is 23.7 Å². The molecule has 138 valence electrons. The van der Waals surface area contributed by atoms with Gasteiger partial charge in [0.1, 0.15) is 0 Å². The van der Waals surface area contributed by atoms with Gasteiger partial charge in [0.25, 0.3) is 0 Å². The highest BCUT2D eigenvalue weighted by Crippen LogP contribution is 2.50. The Labute approximate surface area is 152 Å². The van der Waals surface area contributed by atoms with Gasteiger partial charge in [-0.25, -0.2) is 0 Å². The lowest BCUT2D eigenvalue weighted by molar-refractivity contribution is 0.116. The molecule has 3 heteroatoms. The van der Waals surface area contributed by atoms with Crippen molar-refractivity contribution in [2.45, 2.75) is 102 Å². The van der Waals surface area contributed by atoms with E-state index in [9.17, 15) is 0 Å². The zero-order valence-corrected chi connectivity index (χ0v) is 15.7. The summed E-state index contributed by atoms with van der Waals surface area (Å²) in [7, 11) is 0. The summed E-state index contributed by atoms with van der Waals surface area (Å²) in [6.07, 6.45) is 19.5. The zero-order valence-electron chi connectivity index (χ0n) is 15.7. The van der Waals surface area contributed by atoms with Gasteiger partial charge in [-0.15, -0.1) is 10.2 Å². The summed E-state index contributed by atoms with van der Waals surface area (Å²) in [5.41, 5.74) is 0. The van der Waals surface area contributed by atoms with Crippen molar-refractivity contribution in [2.75, 3.05) is 0 Å². The van der Waals surface area contributed by atoms with E-state index in [0.29, 0.717) is 11.8 Å². The minimum atomic E-state index is 0.561. The third-order valence-corrected chi connectivity index (χ3v) is 8.24. The predicted octanol–water partition coefficient (Wildman–Crippen LogP) is 6.22. The Balaban J connectivity index is 1.36. The van der Waals surface area contributed by atoms with Crippen molar-refractivity contribution in [1.29, 1.82) is 0 Å². The Hall–Kier alpha value is -0.860. The van der Waals surface area contributed by atoms with Gasteiger partial charge in [-0.3, -0.25) is 0 Å². The third kappa shape index (κ3) is 3.06. The molecule has 4 aliphatic carbocycles. The highest BCUT2D eigenvalue weighted by atomic mass is 16.4. The Morgan fingerprint density at radius 3 is 1.48 bits per heavy atom. The molecule has 0 spiro atoms. The Morgan fingerprint density at radius 1 is 0.520 bits per heavy atom. The van der Waals surface area contributed by atoms with E-state index in [4.69, 9.17) is 4.42 Å². The molecule has 5 rings (SSSR count). The third-order valence-electron chi connectivity index (χ3n) is 8.24. The molecule has 0 aromatic carbocycles. The van der Waals surface area contributed by atoms with Crippen molar-refractivity contribution in [3.63, 3.8) is 0 Å². The van der Waals surface area contributed by atoms with Crippen LogP contribution in [0.4, 0.5) is 0 Å². The SMILES string of the molecule is C1CCC2C(C1)CCCC2c1nnc(C2CCCC3CCCCC32)o1. The summed E-state index contributed by atoms with van der Waals surface area (Å²) in [6.45, 7) is 0. The fourth-order valence-corrected chi connectivity index (χ4v) is 7.04. The molecule has 4 saturated carbocycles. The largest absolute Gasteiger partial charge is 0.425 e. The van der Waals surface area contributed by atoms with Gasteiger partial charge < -0.3 is 4.42 Å². The van der Waals surface area contributed by atoms with Crippen LogP contribution in [-0.4, -0.2) is 10.2 Å². The molecular weight excluding hydrogens is 308 g/mol. The van der Waals surface area contributed by atoms with E-state index in [2.05, 4.69) is 10.2 Å². The number of nitrogens with zero attached hydrogens (tertiary/aromatic N) is 2. The number of rotatable bonds is 2. The van der Waals surface area contributed by atoms with Crippen LogP contribution < -0.4 is 0 Å². The van der Waals surface area contributed by atoms with Gasteiger partial charge in [0.2, 0.25) is 11.8 Å². The first-order valence-electron chi connectivity index (χ1n) is 11.2. The zero-order chi connectivity index (χ0) is 16.6. The first kappa shape index (κ1) is 16.3. The smallest absolute Gasteiger partial charge is 0.219 e. The Kier molecular flexibility index (Phi) is 4.60. The van der Waals surface area contributed by atoms with Crippen LogP contribution in [0.5, 0.6) is 0 Å². The van der Waals surface area contributed by atoms with Gasteiger partial charge in [-0.05, 0) is 49.4 Å². The Morgan fingerprint density at radius 2 is 0.960 bits per heavy atom. The fourth-order valence-electron chi connectivity index (χ4n) is 7.04. The predicted molar refractivity (Wildman–Crippen MR) is 98.4 cm³/mol. The average molecular weight is 343 g/mol. The molecular formula is C22H34N2O. The van der Waals surface area contributed by atoms with Crippen LogP contribution in [0.3, 0.4) is 0 Å². The van der Waals surface area contributed by atoms with Gasteiger partial charge >= 0.3 is 0 Å². The van der Waals surface area contributed by atoms with Crippen LogP contribution in [0.2, 0.25) is 0 Å². The lowest BCUT2D eigenvalue weighted by atomic mass is 9.65. The first-order valence-corrected chi connectivity index (χ1v) is 11.2. The number of aromatic nitrogens is 2. The molecule has 0 N–H and O–H groups in total. The first-order chi connectivity index (χ1) is 12.4. The van der Waals surface area contributed by atoms with E-state index < -0.39 is 0 Å². The second kappa shape index (κ2) is 7.04. The lowest BCUT2D eigenvalue weighted by Gasteiger charge is -2.40. The number of hydrogen-bond acceptors (Lipinski definition) is 3. The minimum Gasteiger partial charge on any atom is -0.425 e. The molecule has 4 fully saturated rings. The maximum absolute atomic E-state index is 6.44. The van der Waals surface area contributed by atoms with E-state index in [1.807, 2.05) is 0 Å². The van der Waals surface area contributed by atoms with E-state index in [1.54, 1.807) is 0 Å². The molecule has 0 aliphatic heterocycles. The maximum atomic E-state index is 6.44. The van der Waals surface area contributed by atoms with Crippen LogP contribution >= 0.6 is 0 Å². The van der Waals surface area contributed by atoms with Crippen molar-refractivity contribution in [1.82, 2.24) is 10.2 Å². The fraction of sp³-hybridized carbons (Fsp3) is 0.909. The minimum absolute atomic E-state index is 0.561. The highest BCUT2D eigenvalue weighted by Gasteiger charge is 2.41. The molecule has 0 bridgehead atoms. The molecule has 3 nitrogen and oxygen atoms in total. The van der Waals surface area contributed by atoms with Crippen molar-refractivity contribution in [3.8, 4) is 0 Å². The van der Waals surface area contributed by atoms with Gasteiger partial charge in [-0.2, -0.15) is 0 Å². The van der Waals surface area contributed by atoms with E-state index >= 15 is 0 Å². The maximum Gasteiger partial charge on any atom is 0.219 e. The summed E-state index contributed by atoms with van der Waals surface area (Å²) < 4.78 is 6.44. The van der Waals surface area contributed by atoms with Crippen LogP contribution in [0.15, 0.2) is 4.42 Å². The van der Waals surface area contributed by atoms with Crippen molar-refractivity contribution < 1.29 is 4.42 Å². The quantitative estimate of drug-likeness (QED) is 0.640. The summed E-state index contributed by atoms with van der Waals surface area (Å²) in [4.78, 5) is 0. The van der Waals surface area contributed by atoms with Crippen molar-refractivity contribution >= 4 is 0 Å². The van der Waals surface area contributed by atoms with Crippen LogP contribution in [0.25, 0.3) is 0 Å². The van der Waals surface area contributed by atoms with E-state index in [1.165, 1.54) is 89.9 Å². The summed E-state index contributed by atoms with van der Waals surface area (Å²) in [6, 6.07) is 0. The van der Waals surface area contributed by atoms with Crippen LogP contribution in [0.1, 0.15) is 114 Å². The average Bonchev–Trinajstić information content (AvgIpc) is 3.17. The van der Waals surface area contributed by atoms with Gasteiger partial charge in [-0.1, -0.05) is 64.2 Å².